The van der Waals surface area contributed by atoms with Crippen molar-refractivity contribution in [2.24, 2.45) is 0 Å². The van der Waals surface area contributed by atoms with Gasteiger partial charge in [-0.3, -0.25) is 14.9 Å². The first-order valence-electron chi connectivity index (χ1n) is 10.8. The average Bonchev–Trinajstić information content (AvgIpc) is 2.87. The van der Waals surface area contributed by atoms with Crippen molar-refractivity contribution in [3.63, 3.8) is 0 Å². The van der Waals surface area contributed by atoms with Crippen molar-refractivity contribution in [3.05, 3.63) is 94.5 Å². The predicted octanol–water partition coefficient (Wildman–Crippen LogP) is 4.05. The Kier molecular flexibility index (Phi) is 5.51. The molecule has 34 heavy (non-hydrogen) atoms. The number of piperazine rings is 1. The summed E-state index contributed by atoms with van der Waals surface area (Å²) in [5, 5.41) is 14.5. The molecule has 8 nitrogen and oxygen atoms in total. The quantitative estimate of drug-likeness (QED) is 0.252. The molecule has 1 heterocycles. The van der Waals surface area contributed by atoms with Crippen LogP contribution in [-0.4, -0.2) is 54.6 Å². The molecule has 1 amide bonds. The van der Waals surface area contributed by atoms with E-state index in [1.807, 2.05) is 48.5 Å². The molecule has 0 radical (unpaired) electrons. The Labute approximate surface area is 196 Å². The third-order valence-electron chi connectivity index (χ3n) is 6.20. The summed E-state index contributed by atoms with van der Waals surface area (Å²) in [5.74, 6) is -0.125. The van der Waals surface area contributed by atoms with Crippen LogP contribution in [0.5, 0.6) is 0 Å². The number of nitro groups is 1. The molecule has 0 saturated carbocycles. The summed E-state index contributed by atoms with van der Waals surface area (Å²) in [7, 11) is -3.81. The first-order chi connectivity index (χ1) is 16.4. The van der Waals surface area contributed by atoms with Crippen molar-refractivity contribution in [1.29, 1.82) is 0 Å². The minimum atomic E-state index is -3.81. The molecule has 0 unspecified atom stereocenters. The van der Waals surface area contributed by atoms with Crippen LogP contribution in [0.4, 0.5) is 5.69 Å². The zero-order chi connectivity index (χ0) is 23.9. The van der Waals surface area contributed by atoms with Crippen molar-refractivity contribution in [2.45, 2.75) is 4.90 Å². The average molecular weight is 476 g/mol. The predicted molar refractivity (Wildman–Crippen MR) is 129 cm³/mol. The van der Waals surface area contributed by atoms with Gasteiger partial charge in [0.05, 0.1) is 15.4 Å². The zero-order valence-corrected chi connectivity index (χ0v) is 18.9. The molecule has 1 aliphatic heterocycles. The van der Waals surface area contributed by atoms with Crippen LogP contribution < -0.4 is 0 Å². The fourth-order valence-corrected chi connectivity index (χ4v) is 5.84. The Balaban J connectivity index is 1.40. The van der Waals surface area contributed by atoms with Crippen molar-refractivity contribution in [3.8, 4) is 0 Å². The number of amides is 1. The lowest BCUT2D eigenvalue weighted by atomic mass is 9.96. The highest BCUT2D eigenvalue weighted by Crippen LogP contribution is 2.30. The second-order valence-electron chi connectivity index (χ2n) is 8.14. The summed E-state index contributed by atoms with van der Waals surface area (Å²) in [6.45, 7) is 0.798. The highest BCUT2D eigenvalue weighted by atomic mass is 32.2. The van der Waals surface area contributed by atoms with E-state index in [1.54, 1.807) is 4.90 Å². The van der Waals surface area contributed by atoms with Gasteiger partial charge in [-0.25, -0.2) is 8.42 Å². The SMILES string of the molecule is O=C(c1c2ccccc2cc2ccccc12)N1CCN(S(=O)(=O)c2ccc([N+](=O)[O-])cc2)CC1. The zero-order valence-electron chi connectivity index (χ0n) is 18.1. The third-order valence-corrected chi connectivity index (χ3v) is 8.11. The van der Waals surface area contributed by atoms with Crippen LogP contribution in [0.2, 0.25) is 0 Å². The number of nitrogens with zero attached hydrogens (tertiary/aromatic N) is 3. The lowest BCUT2D eigenvalue weighted by Gasteiger charge is -2.34. The van der Waals surface area contributed by atoms with Gasteiger partial charge in [-0.05, 0) is 39.7 Å². The Morgan fingerprint density at radius 2 is 1.32 bits per heavy atom. The first-order valence-corrected chi connectivity index (χ1v) is 12.2. The van der Waals surface area contributed by atoms with Crippen LogP contribution in [-0.2, 0) is 10.0 Å². The van der Waals surface area contributed by atoms with E-state index in [0.29, 0.717) is 5.56 Å². The van der Waals surface area contributed by atoms with Crippen molar-refractivity contribution in [1.82, 2.24) is 9.21 Å². The molecule has 4 aromatic rings. The molecule has 0 N–H and O–H groups in total. The van der Waals surface area contributed by atoms with Crippen LogP contribution in [0.3, 0.4) is 0 Å². The number of rotatable bonds is 4. The standard InChI is InChI=1S/C25H21N3O5S/c29-25(24-22-7-3-1-5-18(22)17-19-6-2-4-8-23(19)24)26-13-15-27(16-14-26)34(32,33)21-11-9-20(10-12-21)28(30)31/h1-12,17H,13-16H2. The minimum absolute atomic E-state index is 0.00192. The van der Waals surface area contributed by atoms with E-state index in [4.69, 9.17) is 0 Å². The van der Waals surface area contributed by atoms with E-state index in [-0.39, 0.29) is 42.7 Å². The summed E-state index contributed by atoms with van der Waals surface area (Å²) in [6, 6.07) is 22.4. The maximum atomic E-state index is 13.6. The van der Waals surface area contributed by atoms with Crippen LogP contribution >= 0.6 is 0 Å². The van der Waals surface area contributed by atoms with E-state index >= 15 is 0 Å². The van der Waals surface area contributed by atoms with Gasteiger partial charge in [-0.15, -0.1) is 0 Å². The molecular weight excluding hydrogens is 454 g/mol. The van der Waals surface area contributed by atoms with Crippen molar-refractivity contribution in [2.75, 3.05) is 26.2 Å². The molecule has 0 atom stereocenters. The van der Waals surface area contributed by atoms with Gasteiger partial charge in [0.25, 0.3) is 11.6 Å². The molecular formula is C25H21N3O5S. The van der Waals surface area contributed by atoms with E-state index in [9.17, 15) is 23.3 Å². The number of carbonyl (C=O) groups excluding carboxylic acids is 1. The van der Waals surface area contributed by atoms with Gasteiger partial charge in [0.2, 0.25) is 10.0 Å². The lowest BCUT2D eigenvalue weighted by molar-refractivity contribution is -0.384. The highest BCUT2D eigenvalue weighted by Gasteiger charge is 2.31. The molecule has 1 fully saturated rings. The van der Waals surface area contributed by atoms with Crippen molar-refractivity contribution < 1.29 is 18.1 Å². The highest BCUT2D eigenvalue weighted by molar-refractivity contribution is 7.89. The van der Waals surface area contributed by atoms with Gasteiger partial charge in [-0.2, -0.15) is 4.31 Å². The first kappa shape index (κ1) is 22.0. The molecule has 1 saturated heterocycles. The molecule has 9 heteroatoms. The number of carbonyl (C=O) groups is 1. The number of benzene rings is 4. The second kappa shape index (κ2) is 8.51. The molecule has 5 rings (SSSR count). The van der Waals surface area contributed by atoms with Gasteiger partial charge >= 0.3 is 0 Å². The molecule has 172 valence electrons. The lowest BCUT2D eigenvalue weighted by Crippen LogP contribution is -2.50. The topological polar surface area (TPSA) is 101 Å². The monoisotopic (exact) mass is 475 g/mol. The Hall–Kier alpha value is -3.82. The minimum Gasteiger partial charge on any atom is -0.336 e. The maximum Gasteiger partial charge on any atom is 0.269 e. The normalized spacial score (nSPS) is 15.0. The summed E-state index contributed by atoms with van der Waals surface area (Å²) in [6.07, 6.45) is 0. The Morgan fingerprint density at radius 1 is 0.794 bits per heavy atom. The van der Waals surface area contributed by atoms with Gasteiger partial charge < -0.3 is 4.90 Å². The Morgan fingerprint density at radius 3 is 1.85 bits per heavy atom. The van der Waals surface area contributed by atoms with Gasteiger partial charge in [0, 0.05) is 38.3 Å². The third kappa shape index (κ3) is 3.78. The van der Waals surface area contributed by atoms with Crippen LogP contribution in [0.1, 0.15) is 10.4 Å². The van der Waals surface area contributed by atoms with Gasteiger partial charge in [0.1, 0.15) is 0 Å². The summed E-state index contributed by atoms with van der Waals surface area (Å²) in [4.78, 5) is 25.6. The molecule has 1 aliphatic rings. The molecule has 0 aromatic heterocycles. The fraction of sp³-hybridized carbons (Fsp3) is 0.160. The number of hydrogen-bond acceptors (Lipinski definition) is 5. The summed E-state index contributed by atoms with van der Waals surface area (Å²) < 4.78 is 27.4. The number of nitro benzene ring substituents is 1. The van der Waals surface area contributed by atoms with E-state index in [0.717, 1.165) is 21.5 Å². The number of fused-ring (bicyclic) bond motifs is 2. The molecule has 0 aliphatic carbocycles. The van der Waals surface area contributed by atoms with Gasteiger partial charge in [-0.1, -0.05) is 48.5 Å². The van der Waals surface area contributed by atoms with E-state index < -0.39 is 14.9 Å². The van der Waals surface area contributed by atoms with Crippen LogP contribution in [0, 0.1) is 10.1 Å². The maximum absolute atomic E-state index is 13.6. The molecule has 0 bridgehead atoms. The Bertz CT molecular complexity index is 1470. The van der Waals surface area contributed by atoms with Crippen LogP contribution in [0.25, 0.3) is 21.5 Å². The largest absolute Gasteiger partial charge is 0.336 e. The molecule has 0 spiro atoms. The van der Waals surface area contributed by atoms with Gasteiger partial charge in [0.15, 0.2) is 0 Å². The number of sulfonamides is 1. The fourth-order valence-electron chi connectivity index (χ4n) is 4.42. The number of non-ortho nitro benzene ring substituents is 1. The van der Waals surface area contributed by atoms with Crippen molar-refractivity contribution >= 4 is 43.2 Å². The smallest absolute Gasteiger partial charge is 0.269 e. The van der Waals surface area contributed by atoms with E-state index in [2.05, 4.69) is 6.07 Å². The summed E-state index contributed by atoms with van der Waals surface area (Å²) >= 11 is 0. The molecule has 4 aromatic carbocycles. The van der Waals surface area contributed by atoms with E-state index in [1.165, 1.54) is 28.6 Å². The van der Waals surface area contributed by atoms with Crippen LogP contribution in [0.15, 0.2) is 83.8 Å². The second-order valence-corrected chi connectivity index (χ2v) is 10.1. The summed E-state index contributed by atoms with van der Waals surface area (Å²) in [5.41, 5.74) is 0.456. The number of hydrogen-bond donors (Lipinski definition) is 0.